The minimum Gasteiger partial charge on any atom is -0.268 e. The van der Waals surface area contributed by atoms with E-state index < -0.39 is 0 Å². The molecule has 0 saturated heterocycles. The summed E-state index contributed by atoms with van der Waals surface area (Å²) < 4.78 is 4.48. The highest BCUT2D eigenvalue weighted by Gasteiger charge is 2.03. The van der Waals surface area contributed by atoms with Gasteiger partial charge in [0.05, 0.1) is 12.7 Å². The molecule has 0 atom stereocenters. The maximum atomic E-state index is 4.45. The topological polar surface area (TPSA) is 17.8 Å². The Morgan fingerprint density at radius 2 is 1.70 bits per heavy atom. The van der Waals surface area contributed by atoms with Crippen molar-refractivity contribution >= 4 is 45.2 Å². The van der Waals surface area contributed by atoms with Crippen LogP contribution in [-0.2, 0) is 6.54 Å². The first-order valence-electron chi connectivity index (χ1n) is 6.23. The maximum Gasteiger partial charge on any atom is 0.0659 e. The van der Waals surface area contributed by atoms with Crippen LogP contribution in [0.3, 0.4) is 0 Å². The van der Waals surface area contributed by atoms with E-state index in [1.54, 1.807) is 0 Å². The number of hydrogen-bond acceptors (Lipinski definition) is 1. The summed E-state index contributed by atoms with van der Waals surface area (Å²) >= 11 is 4.65. The van der Waals surface area contributed by atoms with Gasteiger partial charge >= 0.3 is 0 Å². The molecule has 0 aliphatic heterocycles. The van der Waals surface area contributed by atoms with Gasteiger partial charge in [0.1, 0.15) is 0 Å². The van der Waals surface area contributed by atoms with E-state index in [4.69, 9.17) is 0 Å². The summed E-state index contributed by atoms with van der Waals surface area (Å²) in [6.45, 7) is 0.806. The highest BCUT2D eigenvalue weighted by molar-refractivity contribution is 14.1. The SMILES string of the molecule is Ic1ccc(Cn2cc(-c3cccc(I)c3)cn2)cc1. The number of benzene rings is 2. The zero-order chi connectivity index (χ0) is 13.9. The van der Waals surface area contributed by atoms with Crippen LogP contribution in [0.2, 0.25) is 0 Å². The van der Waals surface area contributed by atoms with Crippen molar-refractivity contribution in [2.75, 3.05) is 0 Å². The fourth-order valence-corrected chi connectivity index (χ4v) is 2.95. The summed E-state index contributed by atoms with van der Waals surface area (Å²) in [5.41, 5.74) is 3.64. The van der Waals surface area contributed by atoms with Crippen LogP contribution in [0.5, 0.6) is 0 Å². The highest BCUT2D eigenvalue weighted by atomic mass is 127. The number of rotatable bonds is 3. The molecule has 0 unspecified atom stereocenters. The largest absolute Gasteiger partial charge is 0.268 e. The summed E-state index contributed by atoms with van der Waals surface area (Å²) in [5, 5.41) is 4.45. The van der Waals surface area contributed by atoms with Crippen molar-refractivity contribution in [1.29, 1.82) is 0 Å². The molecule has 4 heteroatoms. The zero-order valence-electron chi connectivity index (χ0n) is 10.6. The minimum atomic E-state index is 0.806. The molecule has 0 bridgehead atoms. The lowest BCUT2D eigenvalue weighted by atomic mass is 10.1. The Morgan fingerprint density at radius 3 is 2.45 bits per heavy atom. The Bertz CT molecular complexity index is 717. The van der Waals surface area contributed by atoms with Gasteiger partial charge in [-0.1, -0.05) is 24.3 Å². The normalized spacial score (nSPS) is 10.7. The second-order valence-corrected chi connectivity index (χ2v) is 7.05. The van der Waals surface area contributed by atoms with Crippen molar-refractivity contribution in [2.24, 2.45) is 0 Å². The van der Waals surface area contributed by atoms with E-state index in [0.29, 0.717) is 0 Å². The fourth-order valence-electron chi connectivity index (χ4n) is 2.04. The van der Waals surface area contributed by atoms with Gasteiger partial charge in [-0.05, 0) is 80.6 Å². The number of halogens is 2. The Hall–Kier alpha value is -0.890. The third-order valence-corrected chi connectivity index (χ3v) is 4.44. The Labute approximate surface area is 145 Å². The summed E-state index contributed by atoms with van der Waals surface area (Å²) in [6.07, 6.45) is 4.03. The van der Waals surface area contributed by atoms with Crippen molar-refractivity contribution < 1.29 is 0 Å². The van der Waals surface area contributed by atoms with Crippen LogP contribution in [-0.4, -0.2) is 9.78 Å². The van der Waals surface area contributed by atoms with Crippen molar-refractivity contribution in [3.05, 3.63) is 73.6 Å². The molecule has 0 aliphatic rings. The molecule has 2 nitrogen and oxygen atoms in total. The Kier molecular flexibility index (Phi) is 4.40. The average molecular weight is 486 g/mol. The van der Waals surface area contributed by atoms with Gasteiger partial charge in [-0.25, -0.2) is 0 Å². The van der Waals surface area contributed by atoms with Crippen LogP contribution in [0.15, 0.2) is 60.9 Å². The first-order chi connectivity index (χ1) is 9.70. The van der Waals surface area contributed by atoms with E-state index in [0.717, 1.165) is 12.1 Å². The third kappa shape index (κ3) is 3.41. The Balaban J connectivity index is 1.82. The smallest absolute Gasteiger partial charge is 0.0659 e. The van der Waals surface area contributed by atoms with Crippen molar-refractivity contribution in [3.8, 4) is 11.1 Å². The molecule has 0 radical (unpaired) electrons. The standard InChI is InChI=1S/C16H12I2N2/c17-15-6-4-12(5-7-15)10-20-11-14(9-19-20)13-2-1-3-16(18)8-13/h1-9,11H,10H2. The van der Waals surface area contributed by atoms with Crippen LogP contribution in [0, 0.1) is 7.14 Å². The van der Waals surface area contributed by atoms with Crippen LogP contribution >= 0.6 is 45.2 Å². The molecule has 0 N–H and O–H groups in total. The quantitative estimate of drug-likeness (QED) is 0.487. The molecule has 100 valence electrons. The molecule has 0 aliphatic carbocycles. The highest BCUT2D eigenvalue weighted by Crippen LogP contribution is 2.21. The molecule has 1 heterocycles. The molecule has 0 saturated carbocycles. The average Bonchev–Trinajstić information content (AvgIpc) is 2.90. The van der Waals surface area contributed by atoms with Gasteiger partial charge in [-0.15, -0.1) is 0 Å². The van der Waals surface area contributed by atoms with Gasteiger partial charge in [0.2, 0.25) is 0 Å². The predicted molar refractivity (Wildman–Crippen MR) is 98.6 cm³/mol. The molecular weight excluding hydrogens is 474 g/mol. The van der Waals surface area contributed by atoms with E-state index in [2.05, 4.69) is 105 Å². The van der Waals surface area contributed by atoms with Crippen LogP contribution in [0.4, 0.5) is 0 Å². The van der Waals surface area contributed by atoms with Gasteiger partial charge < -0.3 is 0 Å². The van der Waals surface area contributed by atoms with Crippen molar-refractivity contribution in [1.82, 2.24) is 9.78 Å². The molecule has 2 aromatic carbocycles. The first kappa shape index (κ1) is 14.1. The second-order valence-electron chi connectivity index (χ2n) is 4.56. The van der Waals surface area contributed by atoms with E-state index in [-0.39, 0.29) is 0 Å². The lowest BCUT2D eigenvalue weighted by Crippen LogP contribution is -1.99. The van der Waals surface area contributed by atoms with Gasteiger partial charge in [0, 0.05) is 18.9 Å². The lowest BCUT2D eigenvalue weighted by molar-refractivity contribution is 0.687. The molecule has 0 fully saturated rings. The molecule has 0 amide bonds. The number of hydrogen-bond donors (Lipinski definition) is 0. The molecule has 20 heavy (non-hydrogen) atoms. The Morgan fingerprint density at radius 1 is 0.900 bits per heavy atom. The maximum absolute atomic E-state index is 4.45. The van der Waals surface area contributed by atoms with Gasteiger partial charge in [-0.2, -0.15) is 5.10 Å². The summed E-state index contributed by atoms with van der Waals surface area (Å²) in [6, 6.07) is 17.0. The van der Waals surface area contributed by atoms with E-state index >= 15 is 0 Å². The number of nitrogens with zero attached hydrogens (tertiary/aromatic N) is 2. The first-order valence-corrected chi connectivity index (χ1v) is 8.39. The van der Waals surface area contributed by atoms with Crippen LogP contribution < -0.4 is 0 Å². The van der Waals surface area contributed by atoms with Crippen molar-refractivity contribution in [2.45, 2.75) is 6.54 Å². The summed E-state index contributed by atoms with van der Waals surface area (Å²) in [5.74, 6) is 0. The second kappa shape index (κ2) is 6.26. The van der Waals surface area contributed by atoms with Crippen LogP contribution in [0.1, 0.15) is 5.56 Å². The molecular formula is C16H12I2N2. The van der Waals surface area contributed by atoms with Crippen LogP contribution in [0.25, 0.3) is 11.1 Å². The van der Waals surface area contributed by atoms with E-state index in [9.17, 15) is 0 Å². The van der Waals surface area contributed by atoms with Crippen molar-refractivity contribution in [3.63, 3.8) is 0 Å². The number of aromatic nitrogens is 2. The zero-order valence-corrected chi connectivity index (χ0v) is 14.9. The monoisotopic (exact) mass is 486 g/mol. The molecule has 3 aromatic rings. The summed E-state index contributed by atoms with van der Waals surface area (Å²) in [4.78, 5) is 0. The third-order valence-electron chi connectivity index (χ3n) is 3.05. The van der Waals surface area contributed by atoms with Gasteiger partial charge in [0.15, 0.2) is 0 Å². The minimum absolute atomic E-state index is 0.806. The predicted octanol–water partition coefficient (Wildman–Crippen LogP) is 4.81. The molecule has 3 rings (SSSR count). The fraction of sp³-hybridized carbons (Fsp3) is 0.0625. The molecule has 1 aromatic heterocycles. The molecule has 0 spiro atoms. The lowest BCUT2D eigenvalue weighted by Gasteiger charge is -2.02. The van der Waals surface area contributed by atoms with E-state index in [1.807, 2.05) is 10.9 Å². The van der Waals surface area contributed by atoms with Gasteiger partial charge in [0.25, 0.3) is 0 Å². The summed E-state index contributed by atoms with van der Waals surface area (Å²) in [7, 11) is 0. The van der Waals surface area contributed by atoms with Gasteiger partial charge in [-0.3, -0.25) is 4.68 Å². The van der Waals surface area contributed by atoms with E-state index in [1.165, 1.54) is 18.3 Å².